The second-order valence-corrected chi connectivity index (χ2v) is 6.82. The summed E-state index contributed by atoms with van der Waals surface area (Å²) < 4.78 is 38.3. The summed E-state index contributed by atoms with van der Waals surface area (Å²) in [5, 5.41) is 3.51. The highest BCUT2D eigenvalue weighted by Gasteiger charge is 2.30. The third kappa shape index (κ3) is 5.13. The predicted octanol–water partition coefficient (Wildman–Crippen LogP) is 6.70. The molecule has 3 rings (SSSR count). The fourth-order valence-corrected chi connectivity index (χ4v) is 3.05. The van der Waals surface area contributed by atoms with E-state index < -0.39 is 11.7 Å². The van der Waals surface area contributed by atoms with Crippen LogP contribution in [0.15, 0.2) is 72.3 Å². The van der Waals surface area contributed by atoms with E-state index in [0.717, 1.165) is 29.8 Å². The number of allylic oxidation sites excluding steroid dienone is 3. The van der Waals surface area contributed by atoms with Crippen LogP contribution in [0.25, 0.3) is 6.08 Å². The van der Waals surface area contributed by atoms with E-state index in [0.29, 0.717) is 5.56 Å². The average molecular weight is 369 g/mol. The Hall–Kier alpha value is -2.75. The molecule has 1 aliphatic carbocycles. The number of alkyl halides is 3. The van der Waals surface area contributed by atoms with Crippen LogP contribution in [-0.2, 0) is 6.18 Å². The van der Waals surface area contributed by atoms with Gasteiger partial charge in [0, 0.05) is 11.7 Å². The van der Waals surface area contributed by atoms with Crippen LogP contribution in [0.1, 0.15) is 28.7 Å². The Morgan fingerprint density at radius 2 is 1.85 bits per heavy atom. The third-order valence-electron chi connectivity index (χ3n) is 4.53. The number of halogens is 3. The molecule has 4 heteroatoms. The Balaban J connectivity index is 1.63. The lowest BCUT2D eigenvalue weighted by atomic mass is 10.0. The van der Waals surface area contributed by atoms with Gasteiger partial charge in [-0.2, -0.15) is 13.2 Å². The van der Waals surface area contributed by atoms with E-state index in [1.54, 1.807) is 12.1 Å². The molecule has 0 saturated carbocycles. The Labute approximate surface area is 157 Å². The van der Waals surface area contributed by atoms with Gasteiger partial charge in [-0.05, 0) is 55.2 Å². The van der Waals surface area contributed by atoms with Gasteiger partial charge in [-0.25, -0.2) is 0 Å². The van der Waals surface area contributed by atoms with Gasteiger partial charge in [0.2, 0.25) is 0 Å². The molecule has 0 aromatic heterocycles. The van der Waals surface area contributed by atoms with Crippen LogP contribution in [0, 0.1) is 13.8 Å². The summed E-state index contributed by atoms with van der Waals surface area (Å²) in [6.45, 7) is 4.16. The van der Waals surface area contributed by atoms with E-state index >= 15 is 0 Å². The number of aryl methyl sites for hydroxylation is 2. The first-order chi connectivity index (χ1) is 12.8. The van der Waals surface area contributed by atoms with E-state index in [4.69, 9.17) is 0 Å². The highest BCUT2D eigenvalue weighted by molar-refractivity contribution is 5.57. The maximum Gasteiger partial charge on any atom is 0.416 e. The standard InChI is InChI=1S/C23H22F3N/c1-16-6-13-22(17(2)14-16)27-21-11-9-18(10-12-21)7-8-19-4-3-5-20(15-19)23(24,25)26/h3-11,13-15,21,27H,12H2,1-2H3. The van der Waals surface area contributed by atoms with Gasteiger partial charge in [-0.3, -0.25) is 0 Å². The molecular weight excluding hydrogens is 347 g/mol. The van der Waals surface area contributed by atoms with Crippen molar-refractivity contribution >= 4 is 11.8 Å². The summed E-state index contributed by atoms with van der Waals surface area (Å²) in [6.07, 6.45) is 6.24. The van der Waals surface area contributed by atoms with E-state index in [1.165, 1.54) is 17.2 Å². The lowest BCUT2D eigenvalue weighted by Gasteiger charge is -2.20. The van der Waals surface area contributed by atoms with E-state index in [2.05, 4.69) is 49.5 Å². The van der Waals surface area contributed by atoms with Crippen LogP contribution in [0.2, 0.25) is 0 Å². The minimum Gasteiger partial charge on any atom is -0.378 e. The van der Waals surface area contributed by atoms with E-state index in [1.807, 2.05) is 12.2 Å². The van der Waals surface area contributed by atoms with Crippen molar-refractivity contribution in [3.63, 3.8) is 0 Å². The maximum absolute atomic E-state index is 12.8. The van der Waals surface area contributed by atoms with Gasteiger partial charge in [0.25, 0.3) is 0 Å². The molecular formula is C23H22F3N. The van der Waals surface area contributed by atoms with Gasteiger partial charge in [0.15, 0.2) is 0 Å². The van der Waals surface area contributed by atoms with Gasteiger partial charge < -0.3 is 5.32 Å². The second kappa shape index (κ2) is 7.87. The Morgan fingerprint density at radius 1 is 1.04 bits per heavy atom. The van der Waals surface area contributed by atoms with Gasteiger partial charge in [0.1, 0.15) is 0 Å². The van der Waals surface area contributed by atoms with Crippen LogP contribution >= 0.6 is 0 Å². The summed E-state index contributed by atoms with van der Waals surface area (Å²) in [4.78, 5) is 0. The second-order valence-electron chi connectivity index (χ2n) is 6.82. The van der Waals surface area contributed by atoms with Gasteiger partial charge in [0.05, 0.1) is 5.56 Å². The molecule has 0 radical (unpaired) electrons. The van der Waals surface area contributed by atoms with Crippen LogP contribution in [-0.4, -0.2) is 6.04 Å². The van der Waals surface area contributed by atoms with Crippen molar-refractivity contribution in [1.29, 1.82) is 0 Å². The van der Waals surface area contributed by atoms with Crippen LogP contribution < -0.4 is 5.32 Å². The molecule has 1 unspecified atom stereocenters. The van der Waals surface area contributed by atoms with Crippen molar-refractivity contribution < 1.29 is 13.2 Å². The number of anilines is 1. The molecule has 2 aromatic rings. The Bertz CT molecular complexity index is 904. The summed E-state index contributed by atoms with van der Waals surface area (Å²) in [5.74, 6) is 0. The molecule has 0 bridgehead atoms. The van der Waals surface area contributed by atoms with Crippen molar-refractivity contribution in [2.45, 2.75) is 32.5 Å². The summed E-state index contributed by atoms with van der Waals surface area (Å²) in [5.41, 5.74) is 4.46. The molecule has 1 aliphatic rings. The number of hydrogen-bond acceptors (Lipinski definition) is 1. The normalized spacial score (nSPS) is 17.2. The minimum absolute atomic E-state index is 0.206. The largest absolute Gasteiger partial charge is 0.416 e. The van der Waals surface area contributed by atoms with Crippen LogP contribution in [0.4, 0.5) is 18.9 Å². The molecule has 140 valence electrons. The highest BCUT2D eigenvalue weighted by Crippen LogP contribution is 2.30. The van der Waals surface area contributed by atoms with Crippen molar-refractivity contribution in [2.24, 2.45) is 0 Å². The van der Waals surface area contributed by atoms with Crippen molar-refractivity contribution in [3.05, 3.63) is 94.6 Å². The fourth-order valence-electron chi connectivity index (χ4n) is 3.05. The lowest BCUT2D eigenvalue weighted by Crippen LogP contribution is -2.18. The molecule has 1 atom stereocenters. The van der Waals surface area contributed by atoms with Crippen LogP contribution in [0.3, 0.4) is 0 Å². The topological polar surface area (TPSA) is 12.0 Å². The fraction of sp³-hybridized carbons (Fsp3) is 0.217. The summed E-state index contributed by atoms with van der Waals surface area (Å²) in [6, 6.07) is 11.9. The van der Waals surface area contributed by atoms with Gasteiger partial charge >= 0.3 is 6.18 Å². The van der Waals surface area contributed by atoms with Gasteiger partial charge in [-0.15, -0.1) is 0 Å². The van der Waals surface area contributed by atoms with Crippen molar-refractivity contribution in [3.8, 4) is 0 Å². The molecule has 1 nitrogen and oxygen atoms in total. The summed E-state index contributed by atoms with van der Waals surface area (Å²) in [7, 11) is 0. The molecule has 0 aliphatic heterocycles. The smallest absolute Gasteiger partial charge is 0.378 e. The quantitative estimate of drug-likeness (QED) is 0.632. The first-order valence-corrected chi connectivity index (χ1v) is 8.89. The van der Waals surface area contributed by atoms with Crippen molar-refractivity contribution in [2.75, 3.05) is 5.32 Å². The molecule has 0 heterocycles. The first kappa shape index (κ1) is 19.0. The monoisotopic (exact) mass is 369 g/mol. The summed E-state index contributed by atoms with van der Waals surface area (Å²) >= 11 is 0. The van der Waals surface area contributed by atoms with E-state index in [-0.39, 0.29) is 6.04 Å². The molecule has 0 fully saturated rings. The molecule has 2 aromatic carbocycles. The van der Waals surface area contributed by atoms with Crippen LogP contribution in [0.5, 0.6) is 0 Å². The SMILES string of the molecule is Cc1ccc(NC2C=CC(C=Cc3cccc(C(F)(F)F)c3)=CC2)c(C)c1. The molecule has 0 saturated heterocycles. The molecule has 27 heavy (non-hydrogen) atoms. The number of nitrogens with one attached hydrogen (secondary N) is 1. The Morgan fingerprint density at radius 3 is 2.52 bits per heavy atom. The minimum atomic E-state index is -4.32. The lowest BCUT2D eigenvalue weighted by molar-refractivity contribution is -0.137. The Kier molecular flexibility index (Phi) is 5.54. The zero-order valence-electron chi connectivity index (χ0n) is 15.3. The third-order valence-corrected chi connectivity index (χ3v) is 4.53. The predicted molar refractivity (Wildman–Crippen MR) is 106 cm³/mol. The number of benzene rings is 2. The molecule has 1 N–H and O–H groups in total. The first-order valence-electron chi connectivity index (χ1n) is 8.89. The molecule has 0 amide bonds. The van der Waals surface area contributed by atoms with E-state index in [9.17, 15) is 13.2 Å². The maximum atomic E-state index is 12.8. The average Bonchev–Trinajstić information content (AvgIpc) is 2.63. The zero-order valence-corrected chi connectivity index (χ0v) is 15.3. The number of hydrogen-bond donors (Lipinski definition) is 1. The zero-order chi connectivity index (χ0) is 19.4. The van der Waals surface area contributed by atoms with Crippen molar-refractivity contribution in [1.82, 2.24) is 0 Å². The highest BCUT2D eigenvalue weighted by atomic mass is 19.4. The number of rotatable bonds is 4. The molecule has 0 spiro atoms. The van der Waals surface area contributed by atoms with Gasteiger partial charge in [-0.1, -0.05) is 60.2 Å².